The van der Waals surface area contributed by atoms with Crippen LogP contribution in [0.15, 0.2) is 0 Å². The molecule has 0 N–H and O–H groups in total. The molecule has 0 saturated heterocycles. The third-order valence-corrected chi connectivity index (χ3v) is 24.1. The topological polar surface area (TPSA) is 0 Å². The van der Waals surface area contributed by atoms with Gasteiger partial charge in [0.25, 0.3) is 0 Å². The van der Waals surface area contributed by atoms with E-state index in [0.717, 1.165) is 0 Å². The van der Waals surface area contributed by atoms with Crippen molar-refractivity contribution in [3.8, 4) is 0 Å². The summed E-state index contributed by atoms with van der Waals surface area (Å²) in [6.07, 6.45) is 0. The van der Waals surface area contributed by atoms with Gasteiger partial charge in [-0.15, -0.1) is 0 Å². The molecule has 1 radical (unpaired) electrons. The van der Waals surface area contributed by atoms with Crippen LogP contribution in [0.25, 0.3) is 0 Å². The van der Waals surface area contributed by atoms with E-state index in [1.807, 2.05) is 0 Å². The van der Waals surface area contributed by atoms with Gasteiger partial charge in [0.2, 0.25) is 0 Å². The molecule has 0 fully saturated rings. The van der Waals surface area contributed by atoms with Crippen LogP contribution in [0.3, 0.4) is 0 Å². The molecule has 0 amide bonds. The summed E-state index contributed by atoms with van der Waals surface area (Å²) >= 11 is 19.9. The van der Waals surface area contributed by atoms with Gasteiger partial charge in [0.05, 0.1) is 3.36 Å². The Morgan fingerprint density at radius 2 is 1.15 bits per heavy atom. The van der Waals surface area contributed by atoms with E-state index in [4.69, 9.17) is 0 Å². The minimum absolute atomic E-state index is 0.000608. The molecule has 0 aliphatic heterocycles. The lowest BCUT2D eigenvalue weighted by atomic mass is 10.3. The van der Waals surface area contributed by atoms with Crippen molar-refractivity contribution in [2.24, 2.45) is 0 Å². The molecule has 0 heterocycles. The molecule has 0 aromatic carbocycles. The normalized spacial score (nSPS) is 15.2. The van der Waals surface area contributed by atoms with Crippen molar-refractivity contribution in [3.05, 3.63) is 6.92 Å². The predicted octanol–water partition coefficient (Wildman–Crippen LogP) is 6.72. The van der Waals surface area contributed by atoms with Crippen molar-refractivity contribution in [3.63, 3.8) is 0 Å². The molecule has 0 atom stereocenters. The van der Waals surface area contributed by atoms with Gasteiger partial charge in [0.1, 0.15) is 2.86 Å². The summed E-state index contributed by atoms with van der Waals surface area (Å²) < 4.78 is 0.878. The van der Waals surface area contributed by atoms with Gasteiger partial charge in [0.15, 0.2) is 0 Å². The molecular formula is C5H3I8. The van der Waals surface area contributed by atoms with E-state index in [-0.39, 0.29) is 4.29 Å². The van der Waals surface area contributed by atoms with E-state index in [9.17, 15) is 0 Å². The van der Waals surface area contributed by atoms with Gasteiger partial charge in [0, 0.05) is 0 Å². The first-order valence-electron chi connectivity index (χ1n) is 2.71. The Morgan fingerprint density at radius 3 is 1.23 bits per heavy atom. The van der Waals surface area contributed by atoms with Crippen molar-refractivity contribution in [2.75, 3.05) is 0 Å². The summed E-state index contributed by atoms with van der Waals surface area (Å²) in [4.78, 5) is 0. The van der Waals surface area contributed by atoms with Crippen molar-refractivity contribution in [1.29, 1.82) is 0 Å². The molecule has 0 unspecified atom stereocenters. The summed E-state index contributed by atoms with van der Waals surface area (Å²) in [6.45, 7) is 4.23. The second-order valence-electron chi connectivity index (χ2n) is 2.20. The predicted molar refractivity (Wildman–Crippen MR) is 129 cm³/mol. The lowest BCUT2D eigenvalue weighted by Crippen LogP contribution is -2.48. The molecule has 0 nitrogen and oxygen atoms in total. The van der Waals surface area contributed by atoms with E-state index in [1.165, 1.54) is 0 Å². The number of hydrogen-bond acceptors (Lipinski definition) is 0. The average molecular weight is 1080 g/mol. The summed E-state index contributed by atoms with van der Waals surface area (Å²) in [5, 5.41) is 0. The van der Waals surface area contributed by atoms with Crippen LogP contribution in [0, 0.1) is 6.92 Å². The van der Waals surface area contributed by atoms with Crippen LogP contribution in [0.4, 0.5) is 0 Å². The van der Waals surface area contributed by atoms with Gasteiger partial charge in [-0.25, -0.2) is 0 Å². The van der Waals surface area contributed by atoms with Crippen LogP contribution >= 0.6 is 181 Å². The zero-order valence-electron chi connectivity index (χ0n) is 5.81. The highest BCUT2D eigenvalue weighted by molar-refractivity contribution is 14.2. The van der Waals surface area contributed by atoms with Crippen molar-refractivity contribution in [1.82, 2.24) is 0 Å². The first-order chi connectivity index (χ1) is 5.44. The Bertz CT molecular complexity index is 177. The van der Waals surface area contributed by atoms with E-state index in [2.05, 4.69) is 188 Å². The summed E-state index contributed by atoms with van der Waals surface area (Å²) in [5.74, 6) is 0. The zero-order chi connectivity index (χ0) is 11.1. The monoisotopic (exact) mass is 1080 g/mol. The van der Waals surface area contributed by atoms with E-state index < -0.39 is 0 Å². The number of hydrogen-bond donors (Lipinski definition) is 0. The minimum Gasteiger partial charge on any atom is -0.0686 e. The maximum atomic E-state index is 4.23. The van der Waals surface area contributed by atoms with Crippen LogP contribution in [0.1, 0.15) is 0 Å². The Kier molecular flexibility index (Phi) is 10.2. The fourth-order valence-electron chi connectivity index (χ4n) is 0.381. The maximum Gasteiger partial charge on any atom is 0.122 e. The molecular weight excluding hydrogens is 1080 g/mol. The molecule has 0 spiro atoms. The molecule has 0 saturated carbocycles. The second-order valence-corrected chi connectivity index (χ2v) is 23.6. The fourth-order valence-corrected chi connectivity index (χ4v) is 8.16. The third-order valence-electron chi connectivity index (χ3n) is 1.15. The van der Waals surface area contributed by atoms with Crippen LogP contribution in [0.5, 0.6) is 0 Å². The minimum atomic E-state index is 0.000608. The molecule has 79 valence electrons. The maximum absolute atomic E-state index is 4.23. The van der Waals surface area contributed by atoms with Crippen molar-refractivity contribution in [2.45, 2.75) is 6.22 Å². The van der Waals surface area contributed by atoms with Gasteiger partial charge in [-0.3, -0.25) is 0 Å². The first kappa shape index (κ1) is 18.8. The van der Waals surface area contributed by atoms with Gasteiger partial charge < -0.3 is 0 Å². The molecule has 13 heavy (non-hydrogen) atoms. The van der Waals surface area contributed by atoms with Crippen LogP contribution in [0.2, 0.25) is 0 Å². The largest absolute Gasteiger partial charge is 0.122 e. The number of alkyl halides is 8. The average Bonchev–Trinajstić information content (AvgIpc) is 1.84. The molecule has 0 bridgehead atoms. The summed E-state index contributed by atoms with van der Waals surface area (Å²) in [7, 11) is 0. The molecule has 0 aromatic heterocycles. The molecule has 0 rings (SSSR count). The Hall–Kier alpha value is 5.84. The smallest absolute Gasteiger partial charge is 0.0686 e. The standard InChI is InChI=1S/C5H3I8/c1-3(8,9)5(12,13)4(10,11)2(6)7/h2H,1H2. The zero-order valence-corrected chi connectivity index (χ0v) is 23.1. The Labute approximate surface area is 188 Å². The number of halogens is 8. The van der Waals surface area contributed by atoms with E-state index in [1.54, 1.807) is 0 Å². The quantitative estimate of drug-likeness (QED) is 0.218. The fraction of sp³-hybridized carbons (Fsp3) is 0.800. The van der Waals surface area contributed by atoms with Crippen molar-refractivity contribution < 1.29 is 0 Å². The molecule has 8 heteroatoms. The van der Waals surface area contributed by atoms with E-state index >= 15 is 0 Å². The molecule has 0 aromatic rings. The SMILES string of the molecule is [CH2]C(I)(I)C(I)(I)C(I)(I)C(I)I. The Balaban J connectivity index is 5.04. The van der Waals surface area contributed by atoms with Gasteiger partial charge in [-0.05, 0) is 6.92 Å². The first-order valence-corrected chi connectivity index (χ1v) is 11.7. The van der Waals surface area contributed by atoms with E-state index in [0.29, 0.717) is 1.93 Å². The van der Waals surface area contributed by atoms with Gasteiger partial charge >= 0.3 is 0 Å². The van der Waals surface area contributed by atoms with Crippen LogP contribution in [-0.2, 0) is 0 Å². The summed E-state index contributed by atoms with van der Waals surface area (Å²) in [6, 6.07) is 0. The number of rotatable bonds is 3. The van der Waals surface area contributed by atoms with Crippen LogP contribution in [-0.4, -0.2) is 6.22 Å². The Morgan fingerprint density at radius 1 is 0.846 bits per heavy atom. The lowest BCUT2D eigenvalue weighted by Gasteiger charge is -2.42. The highest BCUT2D eigenvalue weighted by Gasteiger charge is 2.57. The molecule has 0 aliphatic carbocycles. The van der Waals surface area contributed by atoms with Gasteiger partial charge in [-0.1, -0.05) is 181 Å². The van der Waals surface area contributed by atoms with Gasteiger partial charge in [-0.2, -0.15) is 0 Å². The summed E-state index contributed by atoms with van der Waals surface area (Å²) in [5.41, 5.74) is 0. The highest BCUT2D eigenvalue weighted by Crippen LogP contribution is 2.64. The molecule has 0 aliphatic rings. The lowest BCUT2D eigenvalue weighted by molar-refractivity contribution is 0.886. The van der Waals surface area contributed by atoms with Crippen molar-refractivity contribution >= 4 is 181 Å². The second kappa shape index (κ2) is 7.02. The van der Waals surface area contributed by atoms with Crippen LogP contribution < -0.4 is 0 Å². The third kappa shape index (κ3) is 5.03. The highest BCUT2D eigenvalue weighted by atomic mass is 127.